The lowest BCUT2D eigenvalue weighted by molar-refractivity contribution is 0.0383. The maximum absolute atomic E-state index is 2.66. The van der Waals surface area contributed by atoms with E-state index >= 15 is 0 Å². The third kappa shape index (κ3) is 4.02. The quantitative estimate of drug-likeness (QED) is 0.416. The molecular formula is C30H38N2S2. The summed E-state index contributed by atoms with van der Waals surface area (Å²) >= 11 is 4.23. The third-order valence-electron chi connectivity index (χ3n) is 9.52. The van der Waals surface area contributed by atoms with Crippen LogP contribution in [0, 0.1) is 17.8 Å². The van der Waals surface area contributed by atoms with Gasteiger partial charge >= 0.3 is 0 Å². The van der Waals surface area contributed by atoms with Gasteiger partial charge in [-0.2, -0.15) is 0 Å². The van der Waals surface area contributed by atoms with Crippen molar-refractivity contribution in [2.75, 3.05) is 25.0 Å². The van der Waals surface area contributed by atoms with Crippen LogP contribution in [-0.4, -0.2) is 35.8 Å². The van der Waals surface area contributed by atoms with Crippen molar-refractivity contribution in [1.29, 1.82) is 0 Å². The smallest absolute Gasteiger partial charge is 0.0564 e. The Labute approximate surface area is 214 Å². The van der Waals surface area contributed by atoms with Crippen molar-refractivity contribution in [3.8, 4) is 0 Å². The second-order valence-corrected chi connectivity index (χ2v) is 14.6. The summed E-state index contributed by atoms with van der Waals surface area (Å²) in [5.74, 6) is 3.05. The van der Waals surface area contributed by atoms with Gasteiger partial charge in [0, 0.05) is 32.0 Å². The van der Waals surface area contributed by atoms with Gasteiger partial charge in [0.05, 0.1) is 11.4 Å². The Morgan fingerprint density at radius 2 is 1.65 bits per heavy atom. The van der Waals surface area contributed by atoms with Crippen LogP contribution in [0.2, 0.25) is 0 Å². The van der Waals surface area contributed by atoms with Crippen LogP contribution >= 0.6 is 23.5 Å². The van der Waals surface area contributed by atoms with E-state index in [1.165, 1.54) is 96.8 Å². The maximum atomic E-state index is 2.66. The first-order valence-electron chi connectivity index (χ1n) is 13.7. The third-order valence-corrected chi connectivity index (χ3v) is 12.1. The monoisotopic (exact) mass is 490 g/mol. The van der Waals surface area contributed by atoms with Crippen molar-refractivity contribution in [1.82, 2.24) is 4.90 Å². The zero-order chi connectivity index (χ0) is 22.7. The molecule has 4 saturated carbocycles. The molecule has 0 radical (unpaired) electrons. The van der Waals surface area contributed by atoms with Crippen LogP contribution in [-0.2, 0) is 0 Å². The van der Waals surface area contributed by atoms with Crippen molar-refractivity contribution in [2.45, 2.75) is 89.7 Å². The Morgan fingerprint density at radius 3 is 2.41 bits per heavy atom. The lowest BCUT2D eigenvalue weighted by Gasteiger charge is -2.56. The molecule has 0 spiro atoms. The number of benzene rings is 2. The molecule has 2 nitrogen and oxygen atoms in total. The highest BCUT2D eigenvalue weighted by Gasteiger charge is 2.51. The molecule has 5 fully saturated rings. The Kier molecular flexibility index (Phi) is 5.71. The van der Waals surface area contributed by atoms with Crippen molar-refractivity contribution in [3.05, 3.63) is 42.5 Å². The highest BCUT2D eigenvalue weighted by Crippen LogP contribution is 2.62. The van der Waals surface area contributed by atoms with Crippen LogP contribution in [0.4, 0.5) is 11.4 Å². The molecule has 1 unspecified atom stereocenters. The minimum atomic E-state index is 0.526. The Bertz CT molecular complexity index is 1030. The molecule has 2 aromatic carbocycles. The van der Waals surface area contributed by atoms with Gasteiger partial charge in [0.15, 0.2) is 0 Å². The van der Waals surface area contributed by atoms with E-state index in [-0.39, 0.29) is 0 Å². The summed E-state index contributed by atoms with van der Waals surface area (Å²) in [6.07, 6.45) is 14.4. The van der Waals surface area contributed by atoms with E-state index in [2.05, 4.69) is 71.1 Å². The van der Waals surface area contributed by atoms with Gasteiger partial charge in [0.25, 0.3) is 0 Å². The molecule has 0 amide bonds. The zero-order valence-electron chi connectivity index (χ0n) is 20.5. The molecule has 0 aromatic heterocycles. The maximum Gasteiger partial charge on any atom is 0.0564 e. The van der Waals surface area contributed by atoms with E-state index in [0.29, 0.717) is 4.75 Å². The van der Waals surface area contributed by atoms with Gasteiger partial charge in [0.1, 0.15) is 0 Å². The standard InChI is InChI=1S/C30H38N2S2/c1-31-12-5-4-6-24(31)11-13-32-26-7-2-3-8-28(26)33-29-10-9-25(17-27(29)32)34-30-18-21-14-22(19-30)16-23(15-21)20-30/h2-3,7-10,17,21-24H,4-6,11-16,18-20H2,1H3. The van der Waals surface area contributed by atoms with Crippen LogP contribution in [0.25, 0.3) is 0 Å². The zero-order valence-corrected chi connectivity index (χ0v) is 22.2. The van der Waals surface area contributed by atoms with E-state index in [9.17, 15) is 0 Å². The van der Waals surface area contributed by atoms with E-state index in [0.717, 1.165) is 30.3 Å². The Balaban J connectivity index is 1.17. The molecule has 4 heteroatoms. The summed E-state index contributed by atoms with van der Waals surface area (Å²) in [5, 5.41) is 0. The highest BCUT2D eigenvalue weighted by molar-refractivity contribution is 8.00. The second kappa shape index (κ2) is 8.78. The fourth-order valence-electron chi connectivity index (χ4n) is 8.31. The van der Waals surface area contributed by atoms with Crippen LogP contribution < -0.4 is 4.90 Å². The summed E-state index contributed by atoms with van der Waals surface area (Å²) in [6.45, 7) is 2.38. The van der Waals surface area contributed by atoms with Crippen molar-refractivity contribution in [2.24, 2.45) is 17.8 Å². The van der Waals surface area contributed by atoms with Gasteiger partial charge in [-0.15, -0.1) is 11.8 Å². The first-order chi connectivity index (χ1) is 16.6. The topological polar surface area (TPSA) is 6.48 Å². The highest BCUT2D eigenvalue weighted by atomic mass is 32.2. The number of nitrogens with zero attached hydrogens (tertiary/aromatic N) is 2. The number of thioether (sulfide) groups is 1. The number of likely N-dealkylation sites (tertiary alicyclic amines) is 1. The molecule has 34 heavy (non-hydrogen) atoms. The molecule has 0 N–H and O–H groups in total. The molecular weight excluding hydrogens is 452 g/mol. The van der Waals surface area contributed by atoms with Crippen LogP contribution in [0.3, 0.4) is 0 Å². The second-order valence-electron chi connectivity index (χ2n) is 12.0. The molecule has 2 aromatic rings. The van der Waals surface area contributed by atoms with Crippen molar-refractivity contribution in [3.63, 3.8) is 0 Å². The van der Waals surface area contributed by atoms with Gasteiger partial charge in [-0.3, -0.25) is 0 Å². The molecule has 4 aliphatic carbocycles. The van der Waals surface area contributed by atoms with Crippen molar-refractivity contribution >= 4 is 34.9 Å². The van der Waals surface area contributed by atoms with E-state index in [1.807, 2.05) is 11.8 Å². The number of anilines is 2. The largest absolute Gasteiger partial charge is 0.340 e. The van der Waals surface area contributed by atoms with E-state index in [1.54, 1.807) is 0 Å². The van der Waals surface area contributed by atoms with Gasteiger partial charge in [-0.1, -0.05) is 30.3 Å². The van der Waals surface area contributed by atoms with Crippen molar-refractivity contribution < 1.29 is 0 Å². The van der Waals surface area contributed by atoms with Gasteiger partial charge < -0.3 is 9.80 Å². The summed E-state index contributed by atoms with van der Waals surface area (Å²) in [4.78, 5) is 9.63. The number of fused-ring (bicyclic) bond motifs is 2. The molecule has 6 aliphatic rings. The summed E-state index contributed by atoms with van der Waals surface area (Å²) in [7, 11) is 2.33. The van der Waals surface area contributed by atoms with Gasteiger partial charge in [-0.05, 0) is 119 Å². The number of piperidine rings is 1. The SMILES string of the molecule is CN1CCCCC1CCN1c2ccccc2Sc2ccc(SC34CC5CC(CC(C5)C3)C4)cc21. The van der Waals surface area contributed by atoms with E-state index in [4.69, 9.17) is 0 Å². The fourth-order valence-corrected chi connectivity index (χ4v) is 11.1. The van der Waals surface area contributed by atoms with E-state index < -0.39 is 0 Å². The molecule has 1 saturated heterocycles. The number of para-hydroxylation sites is 1. The first-order valence-corrected chi connectivity index (χ1v) is 15.4. The molecule has 4 bridgehead atoms. The Hall–Kier alpha value is -1.10. The molecule has 1 atom stereocenters. The van der Waals surface area contributed by atoms with Crippen LogP contribution in [0.5, 0.6) is 0 Å². The average Bonchev–Trinajstić information content (AvgIpc) is 2.82. The first kappa shape index (κ1) is 22.1. The lowest BCUT2D eigenvalue weighted by atomic mass is 9.56. The van der Waals surface area contributed by atoms with Gasteiger partial charge in [0.2, 0.25) is 0 Å². The molecule has 8 rings (SSSR count). The summed E-state index contributed by atoms with van der Waals surface area (Å²) in [5.41, 5.74) is 2.87. The molecule has 180 valence electrons. The predicted octanol–water partition coefficient (Wildman–Crippen LogP) is 8.22. The normalized spacial score (nSPS) is 34.2. The number of hydrogen-bond donors (Lipinski definition) is 0. The number of rotatable bonds is 5. The van der Waals surface area contributed by atoms with Gasteiger partial charge in [-0.25, -0.2) is 0 Å². The molecule has 2 aliphatic heterocycles. The summed E-state index contributed by atoms with van der Waals surface area (Å²) in [6, 6.07) is 17.2. The minimum Gasteiger partial charge on any atom is -0.340 e. The molecule has 2 heterocycles. The summed E-state index contributed by atoms with van der Waals surface area (Å²) < 4.78 is 0.526. The minimum absolute atomic E-state index is 0.526. The average molecular weight is 491 g/mol. The van der Waals surface area contributed by atoms with Crippen LogP contribution in [0.1, 0.15) is 64.2 Å². The predicted molar refractivity (Wildman–Crippen MR) is 146 cm³/mol. The number of hydrogen-bond acceptors (Lipinski definition) is 4. The lowest BCUT2D eigenvalue weighted by Crippen LogP contribution is -2.48. The fraction of sp³-hybridized carbons (Fsp3) is 0.600. The van der Waals surface area contributed by atoms with Crippen LogP contribution in [0.15, 0.2) is 57.2 Å². The Morgan fingerprint density at radius 1 is 0.912 bits per heavy atom.